The van der Waals surface area contributed by atoms with E-state index in [2.05, 4.69) is 10.3 Å². The van der Waals surface area contributed by atoms with Crippen LogP contribution in [0, 0.1) is 0 Å². The van der Waals surface area contributed by atoms with Crippen molar-refractivity contribution >= 4 is 24.3 Å². The minimum atomic E-state index is -0.456. The number of nitrogens with one attached hydrogen (secondary N) is 1. The molecule has 1 aromatic carbocycles. The molecule has 1 rings (SSSR count). The van der Waals surface area contributed by atoms with Crippen molar-refractivity contribution in [2.75, 3.05) is 6.54 Å². The van der Waals surface area contributed by atoms with Crippen molar-refractivity contribution in [3.8, 4) is 5.75 Å². The van der Waals surface area contributed by atoms with Gasteiger partial charge >= 0.3 is 0 Å². The Morgan fingerprint density at radius 3 is 2.36 bits per heavy atom. The lowest BCUT2D eigenvalue weighted by molar-refractivity contribution is -0.120. The Morgan fingerprint density at radius 2 is 1.86 bits per heavy atom. The number of aromatic hydroxyl groups is 1. The molecule has 0 radical (unpaired) electrons. The number of hydrogen-bond acceptors (Lipinski definition) is 4. The molecular formula is C14H24ClN5O2. The van der Waals surface area contributed by atoms with Crippen molar-refractivity contribution in [1.82, 2.24) is 5.32 Å². The highest BCUT2D eigenvalue weighted by atomic mass is 35.5. The minimum absolute atomic E-state index is 0. The molecule has 0 aliphatic rings. The Labute approximate surface area is 136 Å². The number of primary amides is 1. The molecule has 2 atom stereocenters. The molecule has 0 spiro atoms. The predicted molar refractivity (Wildman–Crippen MR) is 89.8 cm³/mol. The maximum Gasteiger partial charge on any atom is 0.234 e. The van der Waals surface area contributed by atoms with Crippen molar-refractivity contribution in [2.24, 2.45) is 22.2 Å². The van der Waals surface area contributed by atoms with Gasteiger partial charge in [-0.25, -0.2) is 0 Å². The molecule has 0 bridgehead atoms. The second-order valence-electron chi connectivity index (χ2n) is 4.88. The average molecular weight is 330 g/mol. The number of benzene rings is 1. The lowest BCUT2D eigenvalue weighted by Crippen LogP contribution is -2.42. The summed E-state index contributed by atoms with van der Waals surface area (Å²) >= 11 is 0. The lowest BCUT2D eigenvalue weighted by Gasteiger charge is -2.21. The smallest absolute Gasteiger partial charge is 0.234 e. The fraction of sp³-hybridized carbons (Fsp3) is 0.429. The zero-order chi connectivity index (χ0) is 15.8. The van der Waals surface area contributed by atoms with Crippen molar-refractivity contribution in [3.63, 3.8) is 0 Å². The van der Waals surface area contributed by atoms with E-state index in [0.717, 1.165) is 5.56 Å². The van der Waals surface area contributed by atoms with E-state index in [9.17, 15) is 9.90 Å². The van der Waals surface area contributed by atoms with Crippen LogP contribution in [0.1, 0.15) is 31.4 Å². The van der Waals surface area contributed by atoms with Gasteiger partial charge in [-0.2, -0.15) is 0 Å². The van der Waals surface area contributed by atoms with Gasteiger partial charge in [0.05, 0.1) is 6.04 Å². The third-order valence-corrected chi connectivity index (χ3v) is 3.13. The number of rotatable bonds is 8. The van der Waals surface area contributed by atoms with Gasteiger partial charge in [-0.15, -0.1) is 12.4 Å². The molecule has 0 saturated heterocycles. The summed E-state index contributed by atoms with van der Waals surface area (Å²) in [5, 5.41) is 12.4. The summed E-state index contributed by atoms with van der Waals surface area (Å²) in [6, 6.07) is 6.28. The Morgan fingerprint density at radius 1 is 1.27 bits per heavy atom. The van der Waals surface area contributed by atoms with E-state index in [-0.39, 0.29) is 30.2 Å². The number of amides is 1. The summed E-state index contributed by atoms with van der Waals surface area (Å²) in [7, 11) is 0. The molecule has 8 N–H and O–H groups in total. The number of phenolic OH excluding ortho intramolecular Hbond substituents is 1. The third-order valence-electron chi connectivity index (χ3n) is 3.13. The zero-order valence-corrected chi connectivity index (χ0v) is 13.3. The highest BCUT2D eigenvalue weighted by Gasteiger charge is 2.18. The van der Waals surface area contributed by atoms with Crippen LogP contribution in [0.4, 0.5) is 0 Å². The number of halogens is 1. The van der Waals surface area contributed by atoms with Crippen LogP contribution >= 0.6 is 12.4 Å². The van der Waals surface area contributed by atoms with Crippen molar-refractivity contribution in [1.29, 1.82) is 0 Å². The number of aliphatic imine (C=N–C) groups is 1. The summed E-state index contributed by atoms with van der Waals surface area (Å²) < 4.78 is 0. The van der Waals surface area contributed by atoms with Gasteiger partial charge in [-0.05, 0) is 37.5 Å². The summed E-state index contributed by atoms with van der Waals surface area (Å²) in [5.74, 6) is -0.170. The zero-order valence-electron chi connectivity index (χ0n) is 12.5. The molecule has 0 fully saturated rings. The monoisotopic (exact) mass is 329 g/mol. The van der Waals surface area contributed by atoms with E-state index in [1.165, 1.54) is 0 Å². The number of carbonyl (C=O) groups is 1. The van der Waals surface area contributed by atoms with Crippen LogP contribution in [0.2, 0.25) is 0 Å². The van der Waals surface area contributed by atoms with Gasteiger partial charge < -0.3 is 22.3 Å². The van der Waals surface area contributed by atoms with Gasteiger partial charge in [0.1, 0.15) is 5.75 Å². The van der Waals surface area contributed by atoms with Crippen molar-refractivity contribution < 1.29 is 9.90 Å². The van der Waals surface area contributed by atoms with Crippen LogP contribution in [0.25, 0.3) is 0 Å². The maximum absolute atomic E-state index is 11.5. The van der Waals surface area contributed by atoms with Crippen LogP contribution in [0.3, 0.4) is 0 Å². The summed E-state index contributed by atoms with van der Waals surface area (Å²) in [6.45, 7) is 2.39. The van der Waals surface area contributed by atoms with Crippen LogP contribution in [0.5, 0.6) is 5.75 Å². The molecule has 1 amide bonds. The molecule has 7 nitrogen and oxygen atoms in total. The molecule has 1 aromatic rings. The standard InChI is InChI=1S/C14H23N5O2.ClH/c1-9(10-4-6-11(20)7-5-10)19-12(13(15)21)3-2-8-18-14(16)17;/h4-7,9,12,19-20H,2-3,8H2,1H3,(H2,15,21)(H4,16,17,18);1H/t9?,12-;/m0./s1. The van der Waals surface area contributed by atoms with Gasteiger partial charge in [0.15, 0.2) is 5.96 Å². The fourth-order valence-corrected chi connectivity index (χ4v) is 1.97. The van der Waals surface area contributed by atoms with Crippen LogP contribution < -0.4 is 22.5 Å². The van der Waals surface area contributed by atoms with Crippen molar-refractivity contribution in [2.45, 2.75) is 31.8 Å². The summed E-state index contributed by atoms with van der Waals surface area (Å²) in [4.78, 5) is 15.4. The van der Waals surface area contributed by atoms with E-state index >= 15 is 0 Å². The molecule has 0 saturated carbocycles. The minimum Gasteiger partial charge on any atom is -0.508 e. The van der Waals surface area contributed by atoms with Crippen LogP contribution in [-0.2, 0) is 4.79 Å². The normalized spacial score (nSPS) is 12.8. The number of nitrogens with zero attached hydrogens (tertiary/aromatic N) is 1. The van der Waals surface area contributed by atoms with Gasteiger partial charge in [0.25, 0.3) is 0 Å². The van der Waals surface area contributed by atoms with E-state index < -0.39 is 11.9 Å². The fourth-order valence-electron chi connectivity index (χ4n) is 1.97. The molecule has 1 unspecified atom stereocenters. The van der Waals surface area contributed by atoms with Gasteiger partial charge in [-0.3, -0.25) is 15.1 Å². The Balaban J connectivity index is 0.00000441. The molecule has 8 heteroatoms. The van der Waals surface area contributed by atoms with E-state index in [0.29, 0.717) is 19.4 Å². The van der Waals surface area contributed by atoms with E-state index in [1.807, 2.05) is 6.92 Å². The first-order chi connectivity index (χ1) is 9.90. The molecular weight excluding hydrogens is 306 g/mol. The quantitative estimate of drug-likeness (QED) is 0.266. The number of nitrogens with two attached hydrogens (primary N) is 3. The third kappa shape index (κ3) is 7.14. The lowest BCUT2D eigenvalue weighted by atomic mass is 10.0. The van der Waals surface area contributed by atoms with Gasteiger partial charge in [0.2, 0.25) is 5.91 Å². The number of carbonyl (C=O) groups excluding carboxylic acids is 1. The maximum atomic E-state index is 11.5. The first-order valence-electron chi connectivity index (χ1n) is 6.80. The number of hydrogen-bond donors (Lipinski definition) is 5. The van der Waals surface area contributed by atoms with E-state index in [4.69, 9.17) is 17.2 Å². The molecule has 124 valence electrons. The largest absolute Gasteiger partial charge is 0.508 e. The first kappa shape index (κ1) is 20.0. The second kappa shape index (κ2) is 9.86. The van der Waals surface area contributed by atoms with Gasteiger partial charge in [-0.1, -0.05) is 12.1 Å². The van der Waals surface area contributed by atoms with Crippen LogP contribution in [-0.4, -0.2) is 29.6 Å². The van der Waals surface area contributed by atoms with Crippen molar-refractivity contribution in [3.05, 3.63) is 29.8 Å². The molecule has 0 aliphatic carbocycles. The SMILES string of the molecule is CC(N[C@@H](CCCN=C(N)N)C(N)=O)c1ccc(O)cc1.Cl. The van der Waals surface area contributed by atoms with Crippen LogP contribution in [0.15, 0.2) is 29.3 Å². The number of phenols is 1. The summed E-state index contributed by atoms with van der Waals surface area (Å²) in [6.07, 6.45) is 1.20. The predicted octanol–water partition coefficient (Wildman–Crippen LogP) is 0.372. The summed E-state index contributed by atoms with van der Waals surface area (Å²) in [5.41, 5.74) is 16.8. The highest BCUT2D eigenvalue weighted by molar-refractivity contribution is 5.85. The highest BCUT2D eigenvalue weighted by Crippen LogP contribution is 2.17. The molecule has 0 aromatic heterocycles. The molecule has 0 aliphatic heterocycles. The first-order valence-corrected chi connectivity index (χ1v) is 6.80. The van der Waals surface area contributed by atoms with E-state index in [1.54, 1.807) is 24.3 Å². The second-order valence-corrected chi connectivity index (χ2v) is 4.88. The molecule has 0 heterocycles. The Bertz CT molecular complexity index is 489. The Hall–Kier alpha value is -1.99. The molecule has 22 heavy (non-hydrogen) atoms. The van der Waals surface area contributed by atoms with Gasteiger partial charge in [0, 0.05) is 12.6 Å². The Kier molecular flexibility index (Phi) is 8.97. The number of guanidine groups is 1. The topological polar surface area (TPSA) is 140 Å². The average Bonchev–Trinajstić information content (AvgIpc) is 2.42.